The van der Waals surface area contributed by atoms with E-state index in [-0.39, 0.29) is 12.6 Å². The average molecular weight is 364 g/mol. The van der Waals surface area contributed by atoms with Crippen LogP contribution < -0.4 is 10.1 Å². The lowest BCUT2D eigenvalue weighted by Crippen LogP contribution is -2.32. The zero-order valence-electron chi connectivity index (χ0n) is 14.0. The number of carbonyl (C=O) groups is 1. The Bertz CT molecular complexity index is 690. The Hall–Kier alpha value is -2.08. The number of aliphatic carboxylic acids is 1. The van der Waals surface area contributed by atoms with Crippen molar-refractivity contribution in [3.05, 3.63) is 64.7 Å². The number of rotatable bonds is 9. The SMILES string of the molecule is C[C@@H](Cc1ccc(OCC(=O)O)cc1)NCC(O)c1cccc(Cl)c1. The third kappa shape index (κ3) is 6.74. The van der Waals surface area contributed by atoms with Crippen LogP contribution in [-0.4, -0.2) is 35.4 Å². The number of hydrogen-bond donors (Lipinski definition) is 3. The van der Waals surface area contributed by atoms with Gasteiger partial charge in [0.25, 0.3) is 0 Å². The second-order valence-electron chi connectivity index (χ2n) is 5.91. The zero-order chi connectivity index (χ0) is 18.2. The summed E-state index contributed by atoms with van der Waals surface area (Å²) in [6, 6.07) is 14.7. The summed E-state index contributed by atoms with van der Waals surface area (Å²) in [7, 11) is 0. The van der Waals surface area contributed by atoms with Crippen LogP contribution in [0, 0.1) is 0 Å². The van der Waals surface area contributed by atoms with E-state index in [1.165, 1.54) is 0 Å². The maximum absolute atomic E-state index is 10.5. The normalized spacial score (nSPS) is 13.2. The minimum atomic E-state index is -1.000. The van der Waals surface area contributed by atoms with Gasteiger partial charge in [-0.3, -0.25) is 0 Å². The predicted octanol–water partition coefficient (Wildman–Crippen LogP) is 3.06. The van der Waals surface area contributed by atoms with Crippen molar-refractivity contribution in [2.75, 3.05) is 13.2 Å². The number of halogens is 1. The Morgan fingerprint density at radius 2 is 1.96 bits per heavy atom. The number of benzene rings is 2. The molecule has 0 radical (unpaired) electrons. The average Bonchev–Trinajstić information content (AvgIpc) is 2.59. The predicted molar refractivity (Wildman–Crippen MR) is 97.2 cm³/mol. The van der Waals surface area contributed by atoms with Crippen molar-refractivity contribution in [2.45, 2.75) is 25.5 Å². The van der Waals surface area contributed by atoms with E-state index < -0.39 is 12.1 Å². The molecule has 0 saturated carbocycles. The van der Waals surface area contributed by atoms with Crippen LogP contribution in [0.5, 0.6) is 5.75 Å². The fraction of sp³-hybridized carbons (Fsp3) is 0.316. The molecule has 6 heteroatoms. The molecule has 0 aliphatic heterocycles. The third-order valence-electron chi connectivity index (χ3n) is 3.72. The summed E-state index contributed by atoms with van der Waals surface area (Å²) < 4.78 is 5.11. The Morgan fingerprint density at radius 3 is 2.60 bits per heavy atom. The third-order valence-corrected chi connectivity index (χ3v) is 3.96. The molecule has 0 bridgehead atoms. The van der Waals surface area contributed by atoms with Crippen molar-refractivity contribution in [3.8, 4) is 5.75 Å². The monoisotopic (exact) mass is 363 g/mol. The number of hydrogen-bond acceptors (Lipinski definition) is 4. The number of aliphatic hydroxyl groups is 1. The molecule has 0 aliphatic rings. The highest BCUT2D eigenvalue weighted by atomic mass is 35.5. The maximum Gasteiger partial charge on any atom is 0.341 e. The Kier molecular flexibility index (Phi) is 7.25. The summed E-state index contributed by atoms with van der Waals surface area (Å²) in [5, 5.41) is 22.7. The largest absolute Gasteiger partial charge is 0.482 e. The number of carboxylic acid groups (broad SMARTS) is 1. The molecule has 2 aromatic carbocycles. The first kappa shape index (κ1) is 19.2. The lowest BCUT2D eigenvalue weighted by molar-refractivity contribution is -0.139. The molecule has 2 aromatic rings. The number of carboxylic acids is 1. The molecule has 2 atom stereocenters. The molecule has 25 heavy (non-hydrogen) atoms. The summed E-state index contributed by atoms with van der Waals surface area (Å²) in [4.78, 5) is 10.5. The number of ether oxygens (including phenoxy) is 1. The van der Waals surface area contributed by atoms with Crippen LogP contribution >= 0.6 is 11.6 Å². The second kappa shape index (κ2) is 9.42. The van der Waals surface area contributed by atoms with Gasteiger partial charge < -0.3 is 20.3 Å². The number of aliphatic hydroxyl groups excluding tert-OH is 1. The fourth-order valence-electron chi connectivity index (χ4n) is 2.44. The molecule has 134 valence electrons. The summed E-state index contributed by atoms with van der Waals surface area (Å²) >= 11 is 5.94. The molecule has 0 saturated heterocycles. The molecule has 0 heterocycles. The van der Waals surface area contributed by atoms with Crippen molar-refractivity contribution in [2.24, 2.45) is 0 Å². The molecule has 3 N–H and O–H groups in total. The Labute approximate surface area is 152 Å². The first-order valence-electron chi connectivity index (χ1n) is 8.04. The molecule has 5 nitrogen and oxygen atoms in total. The zero-order valence-corrected chi connectivity index (χ0v) is 14.7. The van der Waals surface area contributed by atoms with E-state index in [1.807, 2.05) is 31.2 Å². The highest BCUT2D eigenvalue weighted by Crippen LogP contribution is 2.18. The Morgan fingerprint density at radius 1 is 1.24 bits per heavy atom. The van der Waals surface area contributed by atoms with Gasteiger partial charge in [-0.05, 0) is 48.7 Å². The number of nitrogens with one attached hydrogen (secondary N) is 1. The summed E-state index contributed by atoms with van der Waals surface area (Å²) in [5.74, 6) is -0.469. The van der Waals surface area contributed by atoms with Gasteiger partial charge in [0, 0.05) is 17.6 Å². The van der Waals surface area contributed by atoms with Crippen LogP contribution in [0.4, 0.5) is 0 Å². The van der Waals surface area contributed by atoms with Crippen LogP contribution in [0.1, 0.15) is 24.2 Å². The molecule has 0 amide bonds. The summed E-state index contributed by atoms with van der Waals surface area (Å²) in [6.07, 6.45) is 0.162. The van der Waals surface area contributed by atoms with Crippen LogP contribution in [0.3, 0.4) is 0 Å². The van der Waals surface area contributed by atoms with Gasteiger partial charge in [-0.1, -0.05) is 35.9 Å². The highest BCUT2D eigenvalue weighted by Gasteiger charge is 2.10. The molecule has 0 spiro atoms. The van der Waals surface area contributed by atoms with E-state index >= 15 is 0 Å². The maximum atomic E-state index is 10.5. The van der Waals surface area contributed by atoms with Gasteiger partial charge in [-0.15, -0.1) is 0 Å². The van der Waals surface area contributed by atoms with Gasteiger partial charge in [-0.25, -0.2) is 4.79 Å². The van der Waals surface area contributed by atoms with E-state index in [1.54, 1.807) is 24.3 Å². The van der Waals surface area contributed by atoms with Crippen LogP contribution in [0.25, 0.3) is 0 Å². The van der Waals surface area contributed by atoms with E-state index in [0.717, 1.165) is 17.5 Å². The first-order valence-corrected chi connectivity index (χ1v) is 8.42. The van der Waals surface area contributed by atoms with Crippen molar-refractivity contribution in [1.29, 1.82) is 0 Å². The standard InChI is InChI=1S/C19H22ClNO4/c1-13(21-11-18(22)15-3-2-4-16(20)10-15)9-14-5-7-17(8-6-14)25-12-19(23)24/h2-8,10,13,18,21-22H,9,11-12H2,1H3,(H,23,24)/t13-,18?/m0/s1. The lowest BCUT2D eigenvalue weighted by atomic mass is 10.1. The van der Waals surface area contributed by atoms with E-state index in [4.69, 9.17) is 21.4 Å². The highest BCUT2D eigenvalue weighted by molar-refractivity contribution is 6.30. The molecular formula is C19H22ClNO4. The van der Waals surface area contributed by atoms with Crippen molar-refractivity contribution in [3.63, 3.8) is 0 Å². The second-order valence-corrected chi connectivity index (χ2v) is 6.35. The van der Waals surface area contributed by atoms with Gasteiger partial charge in [0.15, 0.2) is 6.61 Å². The molecular weight excluding hydrogens is 342 g/mol. The first-order chi connectivity index (χ1) is 11.9. The van der Waals surface area contributed by atoms with Crippen LogP contribution in [0.15, 0.2) is 48.5 Å². The Balaban J connectivity index is 1.79. The van der Waals surface area contributed by atoms with Gasteiger partial charge in [-0.2, -0.15) is 0 Å². The van der Waals surface area contributed by atoms with Crippen molar-refractivity contribution in [1.82, 2.24) is 5.32 Å². The van der Waals surface area contributed by atoms with E-state index in [2.05, 4.69) is 5.32 Å². The molecule has 0 fully saturated rings. The van der Waals surface area contributed by atoms with Crippen LogP contribution in [-0.2, 0) is 11.2 Å². The van der Waals surface area contributed by atoms with Gasteiger partial charge in [0.1, 0.15) is 5.75 Å². The smallest absolute Gasteiger partial charge is 0.341 e. The topological polar surface area (TPSA) is 78.8 Å². The van der Waals surface area contributed by atoms with Gasteiger partial charge in [0.2, 0.25) is 0 Å². The van der Waals surface area contributed by atoms with Gasteiger partial charge >= 0.3 is 5.97 Å². The quantitative estimate of drug-likeness (QED) is 0.638. The minimum Gasteiger partial charge on any atom is -0.482 e. The molecule has 1 unspecified atom stereocenters. The van der Waals surface area contributed by atoms with E-state index in [9.17, 15) is 9.90 Å². The van der Waals surface area contributed by atoms with Gasteiger partial charge in [0.05, 0.1) is 6.10 Å². The lowest BCUT2D eigenvalue weighted by Gasteiger charge is -2.18. The van der Waals surface area contributed by atoms with E-state index in [0.29, 0.717) is 17.3 Å². The summed E-state index contributed by atoms with van der Waals surface area (Å²) in [6.45, 7) is 2.12. The molecule has 0 aromatic heterocycles. The summed E-state index contributed by atoms with van der Waals surface area (Å²) in [5.41, 5.74) is 1.88. The van der Waals surface area contributed by atoms with Crippen molar-refractivity contribution < 1.29 is 19.7 Å². The molecule has 0 aliphatic carbocycles. The minimum absolute atomic E-state index is 0.166. The van der Waals surface area contributed by atoms with Crippen molar-refractivity contribution >= 4 is 17.6 Å². The van der Waals surface area contributed by atoms with Crippen LogP contribution in [0.2, 0.25) is 5.02 Å². The molecule has 2 rings (SSSR count). The fourth-order valence-corrected chi connectivity index (χ4v) is 2.64.